The largest absolute Gasteiger partial charge is 0.350 e. The van der Waals surface area contributed by atoms with Crippen LogP contribution in [-0.2, 0) is 19.5 Å². The Kier molecular flexibility index (Phi) is 4.53. The normalized spacial score (nSPS) is 20.8. The molecule has 0 bridgehead atoms. The van der Waals surface area contributed by atoms with Gasteiger partial charge >= 0.3 is 0 Å². The van der Waals surface area contributed by atoms with Gasteiger partial charge in [0, 0.05) is 38.3 Å². The van der Waals surface area contributed by atoms with Gasteiger partial charge in [-0.05, 0) is 41.2 Å². The summed E-state index contributed by atoms with van der Waals surface area (Å²) >= 11 is 0. The van der Waals surface area contributed by atoms with Crippen LogP contribution in [0.4, 0.5) is 10.3 Å². The van der Waals surface area contributed by atoms with Crippen molar-refractivity contribution in [3.8, 4) is 0 Å². The monoisotopic (exact) mass is 374 g/mol. The van der Waals surface area contributed by atoms with E-state index in [1.54, 1.807) is 12.1 Å². The highest BCUT2D eigenvalue weighted by Gasteiger charge is 2.41. The quantitative estimate of drug-likeness (QED) is 0.733. The second-order valence-corrected chi connectivity index (χ2v) is 7.83. The fraction of sp³-hybridized carbons (Fsp3) is 0.304. The maximum atomic E-state index is 13.1. The molecule has 3 aromatic rings. The summed E-state index contributed by atoms with van der Waals surface area (Å²) in [7, 11) is 0. The Morgan fingerprint density at radius 2 is 1.82 bits per heavy atom. The molecule has 1 aliphatic carbocycles. The maximum Gasteiger partial charge on any atom is 0.223 e. The molecule has 1 aromatic heterocycles. The van der Waals surface area contributed by atoms with Crippen molar-refractivity contribution >= 4 is 5.95 Å². The lowest BCUT2D eigenvalue weighted by molar-refractivity contribution is 0.313. The van der Waals surface area contributed by atoms with E-state index in [9.17, 15) is 4.39 Å². The van der Waals surface area contributed by atoms with Crippen molar-refractivity contribution < 1.29 is 4.39 Å². The first-order valence-corrected chi connectivity index (χ1v) is 9.85. The molecule has 28 heavy (non-hydrogen) atoms. The Bertz CT molecular complexity index is 958. The van der Waals surface area contributed by atoms with E-state index in [1.807, 2.05) is 36.5 Å². The topological polar surface area (TPSA) is 41.1 Å². The molecule has 1 fully saturated rings. The van der Waals surface area contributed by atoms with Crippen LogP contribution in [0.1, 0.15) is 28.3 Å². The van der Waals surface area contributed by atoms with E-state index >= 15 is 0 Å². The summed E-state index contributed by atoms with van der Waals surface area (Å²) < 4.78 is 13.1. The predicted molar refractivity (Wildman–Crippen MR) is 107 cm³/mol. The van der Waals surface area contributed by atoms with Gasteiger partial charge in [0.15, 0.2) is 0 Å². The molecule has 142 valence electrons. The number of benzene rings is 2. The van der Waals surface area contributed by atoms with E-state index in [0.717, 1.165) is 38.2 Å². The second kappa shape index (κ2) is 7.32. The zero-order valence-corrected chi connectivity index (χ0v) is 15.7. The number of hydrogen-bond acceptors (Lipinski definition) is 4. The molecule has 4 nitrogen and oxygen atoms in total. The molecule has 1 saturated heterocycles. The molecule has 2 aromatic carbocycles. The smallest absolute Gasteiger partial charge is 0.223 e. The molecule has 5 heteroatoms. The third-order valence-corrected chi connectivity index (χ3v) is 5.86. The van der Waals surface area contributed by atoms with Crippen LogP contribution in [0.5, 0.6) is 0 Å². The number of aromatic nitrogens is 2. The predicted octanol–water partition coefficient (Wildman–Crippen LogP) is 4.00. The first-order valence-electron chi connectivity index (χ1n) is 9.85. The van der Waals surface area contributed by atoms with Crippen LogP contribution in [0, 0.1) is 11.7 Å². The van der Waals surface area contributed by atoms with Crippen molar-refractivity contribution in [1.29, 1.82) is 0 Å². The zero-order chi connectivity index (χ0) is 18.9. The highest BCUT2D eigenvalue weighted by molar-refractivity contribution is 5.37. The van der Waals surface area contributed by atoms with Crippen molar-refractivity contribution in [1.82, 2.24) is 14.9 Å². The van der Waals surface area contributed by atoms with E-state index in [-0.39, 0.29) is 5.82 Å². The molecule has 2 aliphatic rings. The number of anilines is 1. The highest BCUT2D eigenvalue weighted by Crippen LogP contribution is 2.42. The van der Waals surface area contributed by atoms with E-state index in [1.165, 1.54) is 16.8 Å². The van der Waals surface area contributed by atoms with Crippen LogP contribution in [-0.4, -0.2) is 28.0 Å². The Hall–Kier alpha value is -2.79. The minimum Gasteiger partial charge on any atom is -0.350 e. The summed E-state index contributed by atoms with van der Waals surface area (Å²) in [5.41, 5.74) is 4.88. The molecule has 5 rings (SSSR count). The van der Waals surface area contributed by atoms with Crippen molar-refractivity contribution in [2.75, 3.05) is 18.4 Å². The molecular formula is C23H23FN4. The van der Waals surface area contributed by atoms with Gasteiger partial charge in [0.25, 0.3) is 0 Å². The second-order valence-electron chi connectivity index (χ2n) is 7.83. The van der Waals surface area contributed by atoms with Gasteiger partial charge in [0.1, 0.15) is 5.82 Å². The van der Waals surface area contributed by atoms with Gasteiger partial charge in [-0.3, -0.25) is 4.90 Å². The lowest BCUT2D eigenvalue weighted by Crippen LogP contribution is -2.21. The van der Waals surface area contributed by atoms with Crippen molar-refractivity contribution in [2.45, 2.75) is 25.4 Å². The first kappa shape index (κ1) is 17.3. The molecule has 2 heterocycles. The Labute approximate surface area is 164 Å². The summed E-state index contributed by atoms with van der Waals surface area (Å²) in [5, 5.41) is 3.36. The van der Waals surface area contributed by atoms with E-state index in [0.29, 0.717) is 17.8 Å². The number of rotatable bonds is 5. The third-order valence-electron chi connectivity index (χ3n) is 5.86. The number of likely N-dealkylation sites (tertiary alicyclic amines) is 1. The van der Waals surface area contributed by atoms with E-state index < -0.39 is 0 Å². The Balaban J connectivity index is 1.26. The van der Waals surface area contributed by atoms with Crippen LogP contribution in [0.2, 0.25) is 0 Å². The zero-order valence-electron chi connectivity index (χ0n) is 15.7. The molecule has 0 radical (unpaired) electrons. The minimum atomic E-state index is -0.178. The fourth-order valence-corrected chi connectivity index (χ4v) is 4.50. The maximum absolute atomic E-state index is 13.1. The van der Waals surface area contributed by atoms with Gasteiger partial charge in [0.2, 0.25) is 5.95 Å². The van der Waals surface area contributed by atoms with Gasteiger partial charge in [-0.15, -0.1) is 0 Å². The Morgan fingerprint density at radius 3 is 2.64 bits per heavy atom. The standard InChI is InChI=1S/C23H23FN4/c24-20-8-6-17(7-9-20)13-28-14-19-10-18-12-26-23(27-22(18)21(19)15-28)25-11-16-4-2-1-3-5-16/h1-9,12,19,21H,10-11,13-15H2,(H,25,26,27). The van der Waals surface area contributed by atoms with Crippen LogP contribution >= 0.6 is 0 Å². The van der Waals surface area contributed by atoms with Gasteiger partial charge < -0.3 is 5.32 Å². The summed E-state index contributed by atoms with van der Waals surface area (Å²) in [6, 6.07) is 17.1. The van der Waals surface area contributed by atoms with Gasteiger partial charge in [-0.2, -0.15) is 0 Å². The van der Waals surface area contributed by atoms with Gasteiger partial charge in [-0.25, -0.2) is 14.4 Å². The number of hydrogen-bond donors (Lipinski definition) is 1. The molecule has 1 N–H and O–H groups in total. The number of halogens is 1. The van der Waals surface area contributed by atoms with Gasteiger partial charge in [0.05, 0.1) is 5.69 Å². The lowest BCUT2D eigenvalue weighted by atomic mass is 9.99. The fourth-order valence-electron chi connectivity index (χ4n) is 4.50. The summed E-state index contributed by atoms with van der Waals surface area (Å²) in [6.45, 7) is 3.66. The average molecular weight is 374 g/mol. The average Bonchev–Trinajstić information content (AvgIpc) is 3.26. The highest BCUT2D eigenvalue weighted by atomic mass is 19.1. The summed E-state index contributed by atoms with van der Waals surface area (Å²) in [6.07, 6.45) is 3.05. The van der Waals surface area contributed by atoms with Crippen LogP contribution in [0.25, 0.3) is 0 Å². The van der Waals surface area contributed by atoms with E-state index in [4.69, 9.17) is 4.98 Å². The van der Waals surface area contributed by atoms with Crippen molar-refractivity contribution in [3.63, 3.8) is 0 Å². The molecule has 1 aliphatic heterocycles. The summed E-state index contributed by atoms with van der Waals surface area (Å²) in [5.74, 6) is 1.60. The first-order chi connectivity index (χ1) is 13.7. The minimum absolute atomic E-state index is 0.178. The van der Waals surface area contributed by atoms with E-state index in [2.05, 4.69) is 27.3 Å². The SMILES string of the molecule is Fc1ccc(CN2CC3Cc4cnc(NCc5ccccc5)nc4C3C2)cc1. The molecule has 0 amide bonds. The number of nitrogens with one attached hydrogen (secondary N) is 1. The molecule has 2 atom stereocenters. The molecular weight excluding hydrogens is 351 g/mol. The molecule has 0 spiro atoms. The molecule has 2 unspecified atom stereocenters. The Morgan fingerprint density at radius 1 is 1.00 bits per heavy atom. The number of fused-ring (bicyclic) bond motifs is 3. The van der Waals surface area contributed by atoms with Crippen molar-refractivity contribution in [3.05, 3.63) is 89.0 Å². The van der Waals surface area contributed by atoms with Crippen LogP contribution < -0.4 is 5.32 Å². The van der Waals surface area contributed by atoms with Gasteiger partial charge in [-0.1, -0.05) is 42.5 Å². The lowest BCUT2D eigenvalue weighted by Gasteiger charge is -2.17. The third kappa shape index (κ3) is 3.50. The summed E-state index contributed by atoms with van der Waals surface area (Å²) in [4.78, 5) is 11.8. The van der Waals surface area contributed by atoms with Crippen LogP contribution in [0.3, 0.4) is 0 Å². The van der Waals surface area contributed by atoms with Crippen molar-refractivity contribution in [2.24, 2.45) is 5.92 Å². The van der Waals surface area contributed by atoms with Crippen LogP contribution in [0.15, 0.2) is 60.8 Å². The molecule has 0 saturated carbocycles. The number of nitrogens with zero attached hydrogens (tertiary/aromatic N) is 3.